The first kappa shape index (κ1) is 28.7. The zero-order valence-electron chi connectivity index (χ0n) is 22.7. The summed E-state index contributed by atoms with van der Waals surface area (Å²) in [4.78, 5) is 51.8. The van der Waals surface area contributed by atoms with Crippen molar-refractivity contribution in [3.63, 3.8) is 0 Å². The molecule has 0 unspecified atom stereocenters. The summed E-state index contributed by atoms with van der Waals surface area (Å²) < 4.78 is 10.8. The number of hydrazone groups is 1. The van der Waals surface area contributed by atoms with Crippen molar-refractivity contribution in [1.82, 2.24) is 5.43 Å². The van der Waals surface area contributed by atoms with Crippen LogP contribution >= 0.6 is 11.3 Å². The van der Waals surface area contributed by atoms with Crippen molar-refractivity contribution in [1.29, 1.82) is 0 Å². The maximum atomic E-state index is 12.8. The lowest BCUT2D eigenvalue weighted by Gasteiger charge is -2.10. The number of hydrogen-bond acceptors (Lipinski definition) is 8. The van der Waals surface area contributed by atoms with Gasteiger partial charge in [-0.25, -0.2) is 15.0 Å². The number of ether oxygens (including phenoxy) is 2. The van der Waals surface area contributed by atoms with E-state index in [0.717, 1.165) is 48.1 Å². The van der Waals surface area contributed by atoms with Crippen LogP contribution in [0.5, 0.6) is 5.75 Å². The molecule has 40 heavy (non-hydrogen) atoms. The quantitative estimate of drug-likeness (QED) is 0.102. The molecule has 1 aliphatic carbocycles. The van der Waals surface area contributed by atoms with Crippen LogP contribution in [-0.4, -0.2) is 36.1 Å². The SMILES string of the molecule is CCOC(=O)c1c(NC(=O)C(=O)N/N=C(\C)c2ccccc2OC(=O)c2ccc(C)cc2)sc2c1CCCCC2. The molecule has 1 heterocycles. The Morgan fingerprint density at radius 2 is 1.65 bits per heavy atom. The van der Waals surface area contributed by atoms with Gasteiger partial charge in [0.2, 0.25) is 0 Å². The molecule has 1 aliphatic rings. The maximum absolute atomic E-state index is 12.8. The van der Waals surface area contributed by atoms with Gasteiger partial charge in [0.05, 0.1) is 23.4 Å². The number of esters is 2. The fourth-order valence-electron chi connectivity index (χ4n) is 4.36. The van der Waals surface area contributed by atoms with Gasteiger partial charge in [-0.05, 0) is 76.3 Å². The third-order valence-corrected chi connectivity index (χ3v) is 7.63. The molecular formula is C30H31N3O6S. The summed E-state index contributed by atoms with van der Waals surface area (Å²) in [5, 5.41) is 6.93. The lowest BCUT2D eigenvalue weighted by atomic mass is 10.1. The first-order valence-electron chi connectivity index (χ1n) is 13.1. The predicted octanol–water partition coefficient (Wildman–Crippen LogP) is 5.20. The highest BCUT2D eigenvalue weighted by Crippen LogP contribution is 2.38. The van der Waals surface area contributed by atoms with Crippen molar-refractivity contribution in [2.24, 2.45) is 5.10 Å². The summed E-state index contributed by atoms with van der Waals surface area (Å²) in [7, 11) is 0. The summed E-state index contributed by atoms with van der Waals surface area (Å²) in [6, 6.07) is 13.8. The van der Waals surface area contributed by atoms with Crippen LogP contribution in [0.1, 0.15) is 75.4 Å². The van der Waals surface area contributed by atoms with E-state index >= 15 is 0 Å². The molecule has 2 amide bonds. The largest absolute Gasteiger partial charge is 0.462 e. The van der Waals surface area contributed by atoms with Crippen molar-refractivity contribution >= 4 is 45.8 Å². The first-order chi connectivity index (χ1) is 19.3. The summed E-state index contributed by atoms with van der Waals surface area (Å²) in [6.45, 7) is 5.46. The number of rotatable bonds is 7. The number of hydrogen-bond donors (Lipinski definition) is 2. The van der Waals surface area contributed by atoms with Gasteiger partial charge in [0.15, 0.2) is 0 Å². The fourth-order valence-corrected chi connectivity index (χ4v) is 5.63. The van der Waals surface area contributed by atoms with Crippen molar-refractivity contribution in [2.45, 2.75) is 52.9 Å². The second-order valence-electron chi connectivity index (χ2n) is 9.33. The van der Waals surface area contributed by atoms with Crippen LogP contribution in [0.3, 0.4) is 0 Å². The van der Waals surface area contributed by atoms with E-state index in [4.69, 9.17) is 9.47 Å². The number of carbonyl (C=O) groups is 4. The van der Waals surface area contributed by atoms with Gasteiger partial charge in [-0.15, -0.1) is 11.3 Å². The lowest BCUT2D eigenvalue weighted by Crippen LogP contribution is -2.33. The zero-order valence-corrected chi connectivity index (χ0v) is 23.5. The minimum absolute atomic E-state index is 0.202. The second-order valence-corrected chi connectivity index (χ2v) is 10.4. The molecule has 0 spiro atoms. The number of anilines is 1. The topological polar surface area (TPSA) is 123 Å². The Kier molecular flexibility index (Phi) is 9.44. The van der Waals surface area contributed by atoms with Crippen LogP contribution < -0.4 is 15.5 Å². The Bertz CT molecular complexity index is 1460. The molecule has 3 aromatic rings. The van der Waals surface area contributed by atoms with Gasteiger partial charge < -0.3 is 14.8 Å². The zero-order chi connectivity index (χ0) is 28.6. The normalized spacial score (nSPS) is 13.0. The molecular weight excluding hydrogens is 530 g/mol. The Balaban J connectivity index is 1.46. The van der Waals surface area contributed by atoms with Crippen LogP contribution in [0, 0.1) is 6.92 Å². The number of nitrogens with one attached hydrogen (secondary N) is 2. The number of aryl methyl sites for hydroxylation is 2. The molecule has 208 valence electrons. The molecule has 9 nitrogen and oxygen atoms in total. The molecule has 0 atom stereocenters. The van der Waals surface area contributed by atoms with Gasteiger partial charge in [0.1, 0.15) is 10.8 Å². The Labute approximate surface area is 236 Å². The average molecular weight is 562 g/mol. The standard InChI is InChI=1S/C30H31N3O6S/c1-4-38-30(37)25-22-11-6-5-7-13-24(22)40-28(25)31-26(34)27(35)33-32-19(3)21-10-8-9-12-23(21)39-29(36)20-16-14-18(2)15-17-20/h8-10,12,14-17H,4-7,11,13H2,1-3H3,(H,31,34)(H,33,35)/b32-19+. The minimum atomic E-state index is -1.01. The van der Waals surface area contributed by atoms with E-state index in [0.29, 0.717) is 27.4 Å². The van der Waals surface area contributed by atoms with Crippen LogP contribution in [0.2, 0.25) is 0 Å². The highest BCUT2D eigenvalue weighted by molar-refractivity contribution is 7.17. The van der Waals surface area contributed by atoms with Gasteiger partial charge >= 0.3 is 23.8 Å². The average Bonchev–Trinajstić information content (AvgIpc) is 3.12. The molecule has 0 bridgehead atoms. The van der Waals surface area contributed by atoms with E-state index in [1.165, 1.54) is 11.3 Å². The van der Waals surface area contributed by atoms with E-state index in [-0.39, 0.29) is 12.4 Å². The van der Waals surface area contributed by atoms with Crippen molar-refractivity contribution in [3.05, 3.63) is 81.2 Å². The summed E-state index contributed by atoms with van der Waals surface area (Å²) in [5.41, 5.74) is 5.67. The molecule has 0 aliphatic heterocycles. The summed E-state index contributed by atoms with van der Waals surface area (Å²) in [6.07, 6.45) is 4.55. The monoisotopic (exact) mass is 561 g/mol. The number of benzene rings is 2. The third-order valence-electron chi connectivity index (χ3n) is 6.43. The Hall–Kier alpha value is -4.31. The van der Waals surface area contributed by atoms with Gasteiger partial charge in [0.25, 0.3) is 0 Å². The van der Waals surface area contributed by atoms with Gasteiger partial charge in [-0.2, -0.15) is 5.10 Å². The van der Waals surface area contributed by atoms with E-state index in [2.05, 4.69) is 15.8 Å². The van der Waals surface area contributed by atoms with E-state index in [1.807, 2.05) is 19.1 Å². The van der Waals surface area contributed by atoms with Gasteiger partial charge in [-0.3, -0.25) is 9.59 Å². The van der Waals surface area contributed by atoms with E-state index < -0.39 is 23.8 Å². The Morgan fingerprint density at radius 3 is 2.40 bits per heavy atom. The highest BCUT2D eigenvalue weighted by Gasteiger charge is 2.28. The van der Waals surface area contributed by atoms with Gasteiger partial charge in [0, 0.05) is 10.4 Å². The molecule has 0 radical (unpaired) electrons. The van der Waals surface area contributed by atoms with Crippen LogP contribution in [0.25, 0.3) is 0 Å². The third kappa shape index (κ3) is 6.81. The minimum Gasteiger partial charge on any atom is -0.462 e. The first-order valence-corrected chi connectivity index (χ1v) is 14.0. The predicted molar refractivity (Wildman–Crippen MR) is 153 cm³/mol. The summed E-state index contributed by atoms with van der Waals surface area (Å²) >= 11 is 1.31. The lowest BCUT2D eigenvalue weighted by molar-refractivity contribution is -0.136. The van der Waals surface area contributed by atoms with E-state index in [9.17, 15) is 19.2 Å². The molecule has 0 fully saturated rings. The van der Waals surface area contributed by atoms with Crippen molar-refractivity contribution < 1.29 is 28.7 Å². The van der Waals surface area contributed by atoms with Crippen LogP contribution in [0.15, 0.2) is 53.6 Å². The molecule has 2 aromatic carbocycles. The van der Waals surface area contributed by atoms with Crippen molar-refractivity contribution in [2.75, 3.05) is 11.9 Å². The Morgan fingerprint density at radius 1 is 0.925 bits per heavy atom. The molecule has 2 N–H and O–H groups in total. The summed E-state index contributed by atoms with van der Waals surface area (Å²) in [5.74, 6) is -2.75. The molecule has 0 saturated carbocycles. The van der Waals surface area contributed by atoms with Crippen LogP contribution in [0.4, 0.5) is 5.00 Å². The molecule has 10 heteroatoms. The number of fused-ring (bicyclic) bond motifs is 1. The number of thiophene rings is 1. The smallest absolute Gasteiger partial charge is 0.343 e. The molecule has 4 rings (SSSR count). The van der Waals surface area contributed by atoms with Crippen molar-refractivity contribution in [3.8, 4) is 5.75 Å². The molecule has 0 saturated heterocycles. The fraction of sp³-hybridized carbons (Fsp3) is 0.300. The maximum Gasteiger partial charge on any atom is 0.343 e. The second kappa shape index (κ2) is 13.2. The highest BCUT2D eigenvalue weighted by atomic mass is 32.1. The molecule has 1 aromatic heterocycles. The number of carbonyl (C=O) groups excluding carboxylic acids is 4. The number of amides is 2. The number of nitrogens with zero attached hydrogens (tertiary/aromatic N) is 1. The van der Waals surface area contributed by atoms with Crippen LogP contribution in [-0.2, 0) is 27.2 Å². The number of para-hydroxylation sites is 1. The van der Waals surface area contributed by atoms with E-state index in [1.54, 1.807) is 50.2 Å². The van der Waals surface area contributed by atoms with Gasteiger partial charge in [-0.1, -0.05) is 36.2 Å².